The highest BCUT2D eigenvalue weighted by atomic mass is 16.5. The summed E-state index contributed by atoms with van der Waals surface area (Å²) in [4.78, 5) is 56.9. The molecule has 0 spiro atoms. The van der Waals surface area contributed by atoms with E-state index in [4.69, 9.17) is 19.3 Å². The largest absolute Gasteiger partial charge is 0.480 e. The topological polar surface area (TPSA) is 176 Å². The molecule has 2 aromatic heterocycles. The molecule has 0 saturated heterocycles. The van der Waals surface area contributed by atoms with Crippen molar-refractivity contribution in [2.24, 2.45) is 0 Å². The average molecular weight is 691 g/mol. The third-order valence-corrected chi connectivity index (χ3v) is 7.06. The fourth-order valence-corrected chi connectivity index (χ4v) is 4.73. The first kappa shape index (κ1) is 39.1. The summed E-state index contributed by atoms with van der Waals surface area (Å²) < 4.78 is 18.1. The van der Waals surface area contributed by atoms with E-state index in [1.165, 1.54) is 15.3 Å². The Labute approximate surface area is 291 Å². The minimum atomic E-state index is -1.08. The van der Waals surface area contributed by atoms with Gasteiger partial charge in [-0.1, -0.05) is 60.7 Å². The van der Waals surface area contributed by atoms with Crippen LogP contribution in [0.1, 0.15) is 33.6 Å². The first-order valence-corrected chi connectivity index (χ1v) is 16.6. The lowest BCUT2D eigenvalue weighted by Gasteiger charge is -2.14. The molecule has 3 N–H and O–H groups in total. The van der Waals surface area contributed by atoms with Gasteiger partial charge in [-0.15, -0.1) is 0 Å². The number of ether oxygens (including phenoxy) is 3. The molecule has 14 heteroatoms. The quantitative estimate of drug-likeness (QED) is 0.0949. The smallest absolute Gasteiger partial charge is 0.326 e. The number of carbonyl (C=O) groups excluding carboxylic acids is 1. The van der Waals surface area contributed by atoms with E-state index in [2.05, 4.69) is 20.6 Å². The van der Waals surface area contributed by atoms with Crippen LogP contribution < -0.4 is 21.8 Å². The second-order valence-corrected chi connectivity index (χ2v) is 10.7. The minimum absolute atomic E-state index is 0.146. The number of aliphatic carboxylic acids is 1. The van der Waals surface area contributed by atoms with Crippen LogP contribution in [0.4, 0.5) is 11.6 Å². The van der Waals surface area contributed by atoms with Crippen LogP contribution >= 0.6 is 0 Å². The second kappa shape index (κ2) is 21.6. The summed E-state index contributed by atoms with van der Waals surface area (Å²) in [5.74, 6) is -1.18. The zero-order chi connectivity index (χ0) is 36.1. The molecule has 0 aliphatic heterocycles. The maximum absolute atomic E-state index is 12.8. The fourth-order valence-electron chi connectivity index (χ4n) is 4.73. The van der Waals surface area contributed by atoms with Crippen molar-refractivity contribution in [1.29, 1.82) is 0 Å². The SMILES string of the molecule is CCOCCCNc1ncc(-c2ccccc2)n(CC(=O)O)c1=O.CCOCCCNc1ncc(-c2ccccc2)n(CC(=O)OCC)c1=O. The highest BCUT2D eigenvalue weighted by molar-refractivity contribution is 5.71. The van der Waals surface area contributed by atoms with Crippen LogP contribution in [-0.2, 0) is 36.9 Å². The molecule has 0 saturated carbocycles. The monoisotopic (exact) mass is 690 g/mol. The molecule has 0 aliphatic rings. The van der Waals surface area contributed by atoms with E-state index in [0.29, 0.717) is 50.9 Å². The number of carboxylic acid groups (broad SMARTS) is 1. The number of esters is 1. The molecule has 4 aromatic rings. The van der Waals surface area contributed by atoms with Crippen LogP contribution in [0.15, 0.2) is 82.6 Å². The van der Waals surface area contributed by atoms with Crippen molar-refractivity contribution in [2.45, 2.75) is 46.7 Å². The number of benzene rings is 2. The van der Waals surface area contributed by atoms with E-state index in [0.717, 1.165) is 24.0 Å². The summed E-state index contributed by atoms with van der Waals surface area (Å²) in [5, 5.41) is 15.1. The van der Waals surface area contributed by atoms with E-state index in [-0.39, 0.29) is 30.3 Å². The van der Waals surface area contributed by atoms with Crippen LogP contribution in [-0.4, -0.2) is 82.3 Å². The van der Waals surface area contributed by atoms with Gasteiger partial charge in [0.25, 0.3) is 11.1 Å². The highest BCUT2D eigenvalue weighted by Gasteiger charge is 2.16. The summed E-state index contributed by atoms with van der Waals surface area (Å²) >= 11 is 0. The fraction of sp³-hybridized carbons (Fsp3) is 0.389. The molecule has 2 aromatic carbocycles. The number of carboxylic acids is 1. The van der Waals surface area contributed by atoms with Crippen LogP contribution in [0.25, 0.3) is 22.5 Å². The minimum Gasteiger partial charge on any atom is -0.480 e. The predicted octanol–water partition coefficient (Wildman–Crippen LogP) is 4.15. The number of rotatable bonds is 19. The Hall–Kier alpha value is -5.34. The second-order valence-electron chi connectivity index (χ2n) is 10.7. The Bertz CT molecular complexity index is 1750. The lowest BCUT2D eigenvalue weighted by Crippen LogP contribution is -2.30. The normalized spacial score (nSPS) is 10.5. The van der Waals surface area contributed by atoms with Crippen LogP contribution in [0.2, 0.25) is 0 Å². The Kier molecular flexibility index (Phi) is 16.9. The van der Waals surface area contributed by atoms with Gasteiger partial charge in [0.15, 0.2) is 11.6 Å². The molecule has 4 rings (SSSR count). The summed E-state index contributed by atoms with van der Waals surface area (Å²) in [5.41, 5.74) is 1.80. The van der Waals surface area contributed by atoms with Crippen molar-refractivity contribution < 1.29 is 28.9 Å². The molecule has 0 atom stereocenters. The van der Waals surface area contributed by atoms with Crippen molar-refractivity contribution in [1.82, 2.24) is 19.1 Å². The van der Waals surface area contributed by atoms with Gasteiger partial charge in [0.1, 0.15) is 13.1 Å². The lowest BCUT2D eigenvalue weighted by atomic mass is 10.1. The van der Waals surface area contributed by atoms with Gasteiger partial charge in [-0.2, -0.15) is 0 Å². The van der Waals surface area contributed by atoms with Gasteiger partial charge in [0, 0.05) is 39.5 Å². The van der Waals surface area contributed by atoms with E-state index >= 15 is 0 Å². The van der Waals surface area contributed by atoms with Gasteiger partial charge >= 0.3 is 11.9 Å². The van der Waals surface area contributed by atoms with Crippen molar-refractivity contribution >= 4 is 23.6 Å². The van der Waals surface area contributed by atoms with Crippen molar-refractivity contribution in [3.63, 3.8) is 0 Å². The summed E-state index contributed by atoms with van der Waals surface area (Å²) in [6, 6.07) is 18.5. The molecular formula is C36H46N6O8. The van der Waals surface area contributed by atoms with Crippen LogP contribution in [0, 0.1) is 0 Å². The van der Waals surface area contributed by atoms with Gasteiger partial charge in [0.2, 0.25) is 0 Å². The van der Waals surface area contributed by atoms with Gasteiger partial charge in [-0.25, -0.2) is 9.97 Å². The maximum Gasteiger partial charge on any atom is 0.326 e. The number of carbonyl (C=O) groups is 2. The Morgan fingerprint density at radius 1 is 0.680 bits per heavy atom. The van der Waals surface area contributed by atoms with Crippen molar-refractivity contribution in [3.8, 4) is 22.5 Å². The van der Waals surface area contributed by atoms with E-state index < -0.39 is 24.0 Å². The van der Waals surface area contributed by atoms with Crippen LogP contribution in [0.3, 0.4) is 0 Å². The average Bonchev–Trinajstić information content (AvgIpc) is 3.12. The third-order valence-electron chi connectivity index (χ3n) is 7.06. The van der Waals surface area contributed by atoms with Crippen molar-refractivity contribution in [3.05, 3.63) is 93.8 Å². The zero-order valence-corrected chi connectivity index (χ0v) is 28.8. The van der Waals surface area contributed by atoms with Gasteiger partial charge in [-0.3, -0.25) is 28.3 Å². The maximum atomic E-state index is 12.8. The molecule has 2 heterocycles. The van der Waals surface area contributed by atoms with Gasteiger partial charge in [-0.05, 0) is 44.7 Å². The van der Waals surface area contributed by atoms with E-state index in [1.807, 2.05) is 74.5 Å². The zero-order valence-electron chi connectivity index (χ0n) is 28.8. The summed E-state index contributed by atoms with van der Waals surface area (Å²) in [7, 11) is 0. The Morgan fingerprint density at radius 2 is 1.12 bits per heavy atom. The van der Waals surface area contributed by atoms with E-state index in [1.54, 1.807) is 13.1 Å². The third kappa shape index (κ3) is 12.3. The molecule has 0 amide bonds. The molecule has 0 unspecified atom stereocenters. The van der Waals surface area contributed by atoms with Crippen molar-refractivity contribution in [2.75, 3.05) is 56.8 Å². The Morgan fingerprint density at radius 3 is 1.52 bits per heavy atom. The van der Waals surface area contributed by atoms with E-state index in [9.17, 15) is 19.2 Å². The summed E-state index contributed by atoms with van der Waals surface area (Å²) in [6.07, 6.45) is 4.60. The highest BCUT2D eigenvalue weighted by Crippen LogP contribution is 2.19. The molecular weight excluding hydrogens is 644 g/mol. The predicted molar refractivity (Wildman–Crippen MR) is 191 cm³/mol. The van der Waals surface area contributed by atoms with Crippen LogP contribution in [0.5, 0.6) is 0 Å². The van der Waals surface area contributed by atoms with Gasteiger partial charge in [0.05, 0.1) is 30.4 Å². The molecule has 0 bridgehead atoms. The molecule has 0 fully saturated rings. The number of hydrogen-bond acceptors (Lipinski definition) is 11. The first-order valence-electron chi connectivity index (χ1n) is 16.6. The molecule has 50 heavy (non-hydrogen) atoms. The standard InChI is InChI=1S/C19H25N3O4.C17H21N3O4/c1-3-25-12-8-11-20-18-19(24)22(14-17(23)26-4-2)16(13-21-18)15-9-6-5-7-10-15;1-2-24-10-6-9-18-16-17(23)20(12-15(21)22)14(11-19-16)13-7-4-3-5-8-13/h5-7,9-10,13H,3-4,8,11-12,14H2,1-2H3,(H,20,21);3-5,7-8,11H,2,6,9-10,12H2,1H3,(H,18,19)(H,21,22). The summed E-state index contributed by atoms with van der Waals surface area (Å²) in [6.45, 7) is 8.88. The number of aromatic nitrogens is 4. The Balaban J connectivity index is 0.000000271. The molecule has 0 radical (unpaired) electrons. The van der Waals surface area contributed by atoms with Gasteiger partial charge < -0.3 is 30.0 Å². The molecule has 14 nitrogen and oxygen atoms in total. The number of nitrogens with zero attached hydrogens (tertiary/aromatic N) is 4. The molecule has 268 valence electrons. The first-order chi connectivity index (χ1) is 24.3. The molecule has 0 aliphatic carbocycles. The number of anilines is 2. The number of nitrogens with one attached hydrogen (secondary N) is 2. The number of hydrogen-bond donors (Lipinski definition) is 3. The lowest BCUT2D eigenvalue weighted by molar-refractivity contribution is -0.144.